The molecule has 2 aromatic rings. The zero-order valence-corrected chi connectivity index (χ0v) is 14.5. The second-order valence-corrected chi connectivity index (χ2v) is 6.44. The van der Waals surface area contributed by atoms with Gasteiger partial charge in [-0.25, -0.2) is 4.39 Å². The molecule has 5 nitrogen and oxygen atoms in total. The highest BCUT2D eigenvalue weighted by atomic mass is 35.5. The van der Waals surface area contributed by atoms with E-state index in [1.54, 1.807) is 18.2 Å². The van der Waals surface area contributed by atoms with Crippen LogP contribution in [0.3, 0.4) is 0 Å². The van der Waals surface area contributed by atoms with Crippen LogP contribution in [0.25, 0.3) is 0 Å². The summed E-state index contributed by atoms with van der Waals surface area (Å²) < 4.78 is 19.7. The van der Waals surface area contributed by atoms with Crippen LogP contribution in [0.5, 0.6) is 5.88 Å². The molecule has 0 bridgehead atoms. The molecule has 3 rings (SSSR count). The van der Waals surface area contributed by atoms with Crippen LogP contribution in [-0.2, 0) is 0 Å². The van der Waals surface area contributed by atoms with Gasteiger partial charge in [-0.2, -0.15) is 4.98 Å². The minimum Gasteiger partial charge on any atom is -0.474 e. The Morgan fingerprint density at radius 2 is 2.16 bits per heavy atom. The van der Waals surface area contributed by atoms with Gasteiger partial charge in [0, 0.05) is 12.1 Å². The van der Waals surface area contributed by atoms with E-state index in [2.05, 4.69) is 22.5 Å². The van der Waals surface area contributed by atoms with E-state index in [0.717, 1.165) is 19.4 Å². The number of hydrogen-bond donors (Lipinski definition) is 2. The molecule has 0 spiro atoms. The number of nitrogens with zero attached hydrogens (tertiary/aromatic N) is 1. The summed E-state index contributed by atoms with van der Waals surface area (Å²) in [6.07, 6.45) is 1.87. The second kappa shape index (κ2) is 7.80. The zero-order chi connectivity index (χ0) is 17.8. The summed E-state index contributed by atoms with van der Waals surface area (Å²) in [6, 6.07) is 9.57. The van der Waals surface area contributed by atoms with Crippen molar-refractivity contribution in [2.24, 2.45) is 0 Å². The number of piperidine rings is 1. The van der Waals surface area contributed by atoms with Crippen LogP contribution in [0, 0.1) is 5.82 Å². The fourth-order valence-electron chi connectivity index (χ4n) is 2.81. The Morgan fingerprint density at radius 1 is 1.36 bits per heavy atom. The number of halogens is 2. The van der Waals surface area contributed by atoms with Gasteiger partial charge in [0.25, 0.3) is 5.91 Å². The topological polar surface area (TPSA) is 63.2 Å². The van der Waals surface area contributed by atoms with Gasteiger partial charge in [-0.3, -0.25) is 4.79 Å². The fraction of sp³-hybridized carbons (Fsp3) is 0.333. The quantitative estimate of drug-likeness (QED) is 0.870. The molecular weight excluding hydrogens is 345 g/mol. The standard InChI is InChI=1S/C18H19ClFN3O2/c1-11-10-12(8-9-21-11)25-16-7-3-6-15(22-16)23-18(24)17-13(19)4-2-5-14(17)20/h2-7,11-12,21H,8-10H2,1H3,(H,22,23,24)/t11-,12-/m1/s1. The molecule has 0 radical (unpaired) electrons. The maximum Gasteiger partial charge on any atom is 0.261 e. The lowest BCUT2D eigenvalue weighted by atomic mass is 10.0. The van der Waals surface area contributed by atoms with Gasteiger partial charge in [-0.05, 0) is 44.5 Å². The van der Waals surface area contributed by atoms with Gasteiger partial charge in [-0.15, -0.1) is 0 Å². The van der Waals surface area contributed by atoms with Gasteiger partial charge < -0.3 is 15.4 Å². The van der Waals surface area contributed by atoms with E-state index in [4.69, 9.17) is 16.3 Å². The van der Waals surface area contributed by atoms with E-state index < -0.39 is 11.7 Å². The summed E-state index contributed by atoms with van der Waals surface area (Å²) >= 11 is 5.91. The van der Waals surface area contributed by atoms with Crippen molar-refractivity contribution in [3.8, 4) is 5.88 Å². The summed E-state index contributed by atoms with van der Waals surface area (Å²) in [5, 5.41) is 5.97. The first kappa shape index (κ1) is 17.6. The third-order valence-electron chi connectivity index (χ3n) is 4.02. The highest BCUT2D eigenvalue weighted by Crippen LogP contribution is 2.22. The molecular formula is C18H19ClFN3O2. The molecule has 2 atom stereocenters. The SMILES string of the molecule is C[C@@H]1C[C@H](Oc2cccc(NC(=O)c3c(F)cccc3Cl)n2)CCN1. The number of rotatable bonds is 4. The maximum absolute atomic E-state index is 13.8. The third-order valence-corrected chi connectivity index (χ3v) is 4.33. The minimum absolute atomic E-state index is 0.0496. The molecule has 1 aliphatic heterocycles. The number of ether oxygens (including phenoxy) is 1. The normalized spacial score (nSPS) is 20.1. The molecule has 1 amide bonds. The molecule has 1 fully saturated rings. The van der Waals surface area contributed by atoms with Crippen LogP contribution < -0.4 is 15.4 Å². The van der Waals surface area contributed by atoms with Crippen LogP contribution in [0.4, 0.5) is 10.2 Å². The van der Waals surface area contributed by atoms with E-state index in [1.807, 2.05) is 0 Å². The highest BCUT2D eigenvalue weighted by molar-refractivity contribution is 6.34. The Labute approximate surface area is 150 Å². The molecule has 1 saturated heterocycles. The fourth-order valence-corrected chi connectivity index (χ4v) is 3.06. The van der Waals surface area contributed by atoms with Crippen molar-refractivity contribution in [3.05, 3.63) is 52.8 Å². The van der Waals surface area contributed by atoms with Crippen LogP contribution in [0.1, 0.15) is 30.1 Å². The van der Waals surface area contributed by atoms with Crippen molar-refractivity contribution >= 4 is 23.3 Å². The number of hydrogen-bond acceptors (Lipinski definition) is 4. The van der Waals surface area contributed by atoms with Gasteiger partial charge in [0.1, 0.15) is 17.7 Å². The largest absolute Gasteiger partial charge is 0.474 e. The predicted molar refractivity (Wildman–Crippen MR) is 94.7 cm³/mol. The Kier molecular flexibility index (Phi) is 5.50. The molecule has 0 unspecified atom stereocenters. The van der Waals surface area contributed by atoms with Crippen molar-refractivity contribution in [1.29, 1.82) is 0 Å². The van der Waals surface area contributed by atoms with Gasteiger partial charge in [0.2, 0.25) is 5.88 Å². The van der Waals surface area contributed by atoms with Gasteiger partial charge in [0.05, 0.1) is 10.6 Å². The van der Waals surface area contributed by atoms with E-state index >= 15 is 0 Å². The van der Waals surface area contributed by atoms with Crippen LogP contribution >= 0.6 is 11.6 Å². The smallest absolute Gasteiger partial charge is 0.261 e. The second-order valence-electron chi connectivity index (χ2n) is 6.03. The Morgan fingerprint density at radius 3 is 2.92 bits per heavy atom. The summed E-state index contributed by atoms with van der Waals surface area (Å²) in [6.45, 7) is 3.01. The number of carbonyl (C=O) groups excluding carboxylic acids is 1. The van der Waals surface area contributed by atoms with Crippen molar-refractivity contribution < 1.29 is 13.9 Å². The number of pyridine rings is 1. The molecule has 1 aromatic heterocycles. The van der Waals surface area contributed by atoms with Crippen molar-refractivity contribution in [2.45, 2.75) is 31.9 Å². The lowest BCUT2D eigenvalue weighted by Crippen LogP contribution is -2.40. The molecule has 25 heavy (non-hydrogen) atoms. The van der Waals surface area contributed by atoms with Crippen LogP contribution in [0.2, 0.25) is 5.02 Å². The third kappa shape index (κ3) is 4.46. The average Bonchev–Trinajstić information content (AvgIpc) is 2.55. The van der Waals surface area contributed by atoms with Crippen LogP contribution in [-0.4, -0.2) is 29.6 Å². The number of benzene rings is 1. The van der Waals surface area contributed by atoms with Crippen molar-refractivity contribution in [1.82, 2.24) is 10.3 Å². The van der Waals surface area contributed by atoms with Gasteiger partial charge in [0.15, 0.2) is 0 Å². The van der Waals surface area contributed by atoms with E-state index in [-0.39, 0.29) is 22.5 Å². The average molecular weight is 364 g/mol. The minimum atomic E-state index is -0.680. The predicted octanol–water partition coefficient (Wildman–Crippen LogP) is 3.65. The van der Waals surface area contributed by atoms with Crippen LogP contribution in [0.15, 0.2) is 36.4 Å². The zero-order valence-electron chi connectivity index (χ0n) is 13.8. The molecule has 1 aromatic carbocycles. The molecule has 132 valence electrons. The lowest BCUT2D eigenvalue weighted by Gasteiger charge is -2.28. The van der Waals surface area contributed by atoms with E-state index in [9.17, 15) is 9.18 Å². The summed E-state index contributed by atoms with van der Waals surface area (Å²) in [5.74, 6) is -0.621. The van der Waals surface area contributed by atoms with Gasteiger partial charge in [-0.1, -0.05) is 23.7 Å². The number of carbonyl (C=O) groups is 1. The summed E-state index contributed by atoms with van der Waals surface area (Å²) in [7, 11) is 0. The molecule has 0 aliphatic carbocycles. The number of amides is 1. The Balaban J connectivity index is 1.70. The van der Waals surface area contributed by atoms with Crippen molar-refractivity contribution in [3.63, 3.8) is 0 Å². The molecule has 0 saturated carbocycles. The molecule has 7 heteroatoms. The lowest BCUT2D eigenvalue weighted by molar-refractivity contribution is 0.102. The number of nitrogens with one attached hydrogen (secondary N) is 2. The summed E-state index contributed by atoms with van der Waals surface area (Å²) in [5.41, 5.74) is -0.204. The molecule has 1 aliphatic rings. The van der Waals surface area contributed by atoms with Gasteiger partial charge >= 0.3 is 0 Å². The Bertz CT molecular complexity index is 751. The summed E-state index contributed by atoms with van der Waals surface area (Å²) in [4.78, 5) is 16.6. The highest BCUT2D eigenvalue weighted by Gasteiger charge is 2.20. The Hall–Kier alpha value is -2.18. The first-order valence-corrected chi connectivity index (χ1v) is 8.53. The first-order chi connectivity index (χ1) is 12.0. The maximum atomic E-state index is 13.8. The first-order valence-electron chi connectivity index (χ1n) is 8.15. The number of aromatic nitrogens is 1. The number of anilines is 1. The van der Waals surface area contributed by atoms with E-state index in [0.29, 0.717) is 11.9 Å². The molecule has 2 heterocycles. The van der Waals surface area contributed by atoms with E-state index in [1.165, 1.54) is 18.2 Å². The molecule has 2 N–H and O–H groups in total. The monoisotopic (exact) mass is 363 g/mol. The van der Waals surface area contributed by atoms with Crippen molar-refractivity contribution in [2.75, 3.05) is 11.9 Å².